The largest absolute Gasteiger partial charge is 0.393 e. The van der Waals surface area contributed by atoms with E-state index in [4.69, 9.17) is 5.73 Å². The van der Waals surface area contributed by atoms with E-state index in [0.29, 0.717) is 12.1 Å². The monoisotopic (exact) mass is 263 g/mol. The van der Waals surface area contributed by atoms with Crippen molar-refractivity contribution in [1.82, 2.24) is 0 Å². The van der Waals surface area contributed by atoms with Gasteiger partial charge in [-0.05, 0) is 51.7 Å². The summed E-state index contributed by atoms with van der Waals surface area (Å²) in [5.41, 5.74) is 8.01. The molecular weight excluding hydrogens is 242 g/mol. The van der Waals surface area contributed by atoms with E-state index in [9.17, 15) is 10.1 Å². The predicted molar refractivity (Wildman–Crippen MR) is 77.5 cm³/mol. The summed E-state index contributed by atoms with van der Waals surface area (Å²) in [5, 5.41) is 10.9. The maximum atomic E-state index is 10.9. The Morgan fingerprint density at radius 3 is 2.42 bits per heavy atom. The lowest BCUT2D eigenvalue weighted by molar-refractivity contribution is -0.383. The van der Waals surface area contributed by atoms with Gasteiger partial charge >= 0.3 is 0 Å². The summed E-state index contributed by atoms with van der Waals surface area (Å²) in [5.74, 6) is 0. The molecule has 1 aromatic rings. The number of nitro groups is 1. The SMILES string of the molecule is Cc1cc([N+](=O)[O-])c(N)cc1N1C(C)CCCC1C. The van der Waals surface area contributed by atoms with Crippen LogP contribution in [0.5, 0.6) is 0 Å². The number of aryl methyl sites for hydroxylation is 1. The predicted octanol–water partition coefficient (Wildman–Crippen LogP) is 3.25. The van der Waals surface area contributed by atoms with Crippen LogP contribution in [0.2, 0.25) is 0 Å². The molecule has 19 heavy (non-hydrogen) atoms. The lowest BCUT2D eigenvalue weighted by atomic mass is 9.95. The topological polar surface area (TPSA) is 72.4 Å². The van der Waals surface area contributed by atoms with Crippen LogP contribution >= 0.6 is 0 Å². The summed E-state index contributed by atoms with van der Waals surface area (Å²) in [6, 6.07) is 4.23. The van der Waals surface area contributed by atoms with Gasteiger partial charge in [-0.1, -0.05) is 0 Å². The summed E-state index contributed by atoms with van der Waals surface area (Å²) < 4.78 is 0. The Bertz CT molecular complexity index is 492. The van der Waals surface area contributed by atoms with Crippen molar-refractivity contribution in [3.63, 3.8) is 0 Å². The molecular formula is C14H21N3O2. The fourth-order valence-corrected chi connectivity index (χ4v) is 3.03. The number of piperidine rings is 1. The minimum absolute atomic E-state index is 0.00133. The van der Waals surface area contributed by atoms with Crippen molar-refractivity contribution in [3.05, 3.63) is 27.8 Å². The Labute approximate surface area is 113 Å². The van der Waals surface area contributed by atoms with E-state index in [1.807, 2.05) is 6.92 Å². The van der Waals surface area contributed by atoms with Gasteiger partial charge in [0.25, 0.3) is 5.69 Å². The molecule has 0 aromatic heterocycles. The van der Waals surface area contributed by atoms with Crippen LogP contribution in [-0.4, -0.2) is 17.0 Å². The first-order valence-corrected chi connectivity index (χ1v) is 6.74. The Hall–Kier alpha value is -1.78. The standard InChI is InChI=1S/C14H21N3O2/c1-9-7-14(17(18)19)12(15)8-13(9)16-10(2)5-4-6-11(16)3/h7-8,10-11H,4-6,15H2,1-3H3. The average molecular weight is 263 g/mol. The molecule has 0 bridgehead atoms. The van der Waals surface area contributed by atoms with E-state index in [1.54, 1.807) is 12.1 Å². The smallest absolute Gasteiger partial charge is 0.292 e. The molecule has 1 saturated heterocycles. The van der Waals surface area contributed by atoms with E-state index < -0.39 is 4.92 Å². The highest BCUT2D eigenvalue weighted by molar-refractivity contribution is 5.70. The van der Waals surface area contributed by atoms with Gasteiger partial charge < -0.3 is 10.6 Å². The Morgan fingerprint density at radius 2 is 1.89 bits per heavy atom. The summed E-state index contributed by atoms with van der Waals surface area (Å²) >= 11 is 0. The van der Waals surface area contributed by atoms with Gasteiger partial charge in [0.05, 0.1) is 4.92 Å². The molecule has 2 atom stereocenters. The van der Waals surface area contributed by atoms with Crippen LogP contribution in [-0.2, 0) is 0 Å². The number of benzene rings is 1. The summed E-state index contributed by atoms with van der Waals surface area (Å²) in [4.78, 5) is 12.8. The zero-order valence-electron chi connectivity index (χ0n) is 11.7. The Balaban J connectivity index is 2.44. The third-order valence-corrected chi connectivity index (χ3v) is 4.01. The molecule has 1 heterocycles. The number of nitrogens with zero attached hydrogens (tertiary/aromatic N) is 2. The van der Waals surface area contributed by atoms with Crippen LogP contribution in [0.25, 0.3) is 0 Å². The number of anilines is 2. The van der Waals surface area contributed by atoms with E-state index >= 15 is 0 Å². The average Bonchev–Trinajstić information content (AvgIpc) is 2.32. The molecule has 0 amide bonds. The molecule has 104 valence electrons. The molecule has 2 unspecified atom stereocenters. The van der Waals surface area contributed by atoms with Gasteiger partial charge in [-0.3, -0.25) is 10.1 Å². The number of nitro benzene ring substituents is 1. The minimum Gasteiger partial charge on any atom is -0.393 e. The molecule has 1 aromatic carbocycles. The lowest BCUT2D eigenvalue weighted by Crippen LogP contribution is -2.44. The highest BCUT2D eigenvalue weighted by atomic mass is 16.6. The third-order valence-electron chi connectivity index (χ3n) is 4.01. The van der Waals surface area contributed by atoms with Gasteiger partial charge in [0.15, 0.2) is 0 Å². The van der Waals surface area contributed by atoms with E-state index in [0.717, 1.165) is 24.1 Å². The number of hydrogen-bond donors (Lipinski definition) is 1. The molecule has 0 spiro atoms. The molecule has 0 aliphatic carbocycles. The van der Waals surface area contributed by atoms with Crippen molar-refractivity contribution in [1.29, 1.82) is 0 Å². The first kappa shape index (κ1) is 13.6. The highest BCUT2D eigenvalue weighted by Crippen LogP contribution is 2.36. The van der Waals surface area contributed by atoms with E-state index in [1.165, 1.54) is 6.42 Å². The maximum Gasteiger partial charge on any atom is 0.292 e. The van der Waals surface area contributed by atoms with Crippen LogP contribution in [0.1, 0.15) is 38.7 Å². The molecule has 2 rings (SSSR count). The van der Waals surface area contributed by atoms with Crippen molar-refractivity contribution < 1.29 is 4.92 Å². The van der Waals surface area contributed by atoms with Crippen LogP contribution in [0, 0.1) is 17.0 Å². The van der Waals surface area contributed by atoms with Crippen molar-refractivity contribution >= 4 is 17.1 Å². The molecule has 1 aliphatic heterocycles. The second kappa shape index (κ2) is 5.07. The second-order valence-corrected chi connectivity index (χ2v) is 5.49. The zero-order chi connectivity index (χ0) is 14.2. The van der Waals surface area contributed by atoms with Crippen LogP contribution < -0.4 is 10.6 Å². The molecule has 5 heteroatoms. The van der Waals surface area contributed by atoms with Crippen LogP contribution in [0.3, 0.4) is 0 Å². The fourth-order valence-electron chi connectivity index (χ4n) is 3.03. The van der Waals surface area contributed by atoms with Gasteiger partial charge in [-0.15, -0.1) is 0 Å². The molecule has 5 nitrogen and oxygen atoms in total. The van der Waals surface area contributed by atoms with Gasteiger partial charge in [0.1, 0.15) is 5.69 Å². The normalized spacial score (nSPS) is 23.4. The number of hydrogen-bond acceptors (Lipinski definition) is 4. The summed E-state index contributed by atoms with van der Waals surface area (Å²) in [7, 11) is 0. The Kier molecular flexibility index (Phi) is 3.64. The minimum atomic E-state index is -0.421. The number of nitrogens with two attached hydrogens (primary N) is 1. The van der Waals surface area contributed by atoms with E-state index in [2.05, 4.69) is 18.7 Å². The van der Waals surface area contributed by atoms with Crippen LogP contribution in [0.4, 0.5) is 17.1 Å². The van der Waals surface area contributed by atoms with Crippen molar-refractivity contribution in [2.24, 2.45) is 0 Å². The highest BCUT2D eigenvalue weighted by Gasteiger charge is 2.27. The lowest BCUT2D eigenvalue weighted by Gasteiger charge is -2.41. The van der Waals surface area contributed by atoms with Crippen LogP contribution in [0.15, 0.2) is 12.1 Å². The summed E-state index contributed by atoms with van der Waals surface area (Å²) in [6.07, 6.45) is 3.54. The fraction of sp³-hybridized carbons (Fsp3) is 0.571. The van der Waals surface area contributed by atoms with Gasteiger partial charge in [0.2, 0.25) is 0 Å². The number of nitrogen functional groups attached to an aromatic ring is 1. The maximum absolute atomic E-state index is 10.9. The number of rotatable bonds is 2. The van der Waals surface area contributed by atoms with Gasteiger partial charge in [-0.2, -0.15) is 0 Å². The molecule has 2 N–H and O–H groups in total. The summed E-state index contributed by atoms with van der Waals surface area (Å²) in [6.45, 7) is 6.31. The second-order valence-electron chi connectivity index (χ2n) is 5.49. The van der Waals surface area contributed by atoms with Gasteiger partial charge in [0, 0.05) is 23.8 Å². The molecule has 0 radical (unpaired) electrons. The van der Waals surface area contributed by atoms with Gasteiger partial charge in [-0.25, -0.2) is 0 Å². The third kappa shape index (κ3) is 2.50. The zero-order valence-corrected chi connectivity index (χ0v) is 11.7. The van der Waals surface area contributed by atoms with Crippen molar-refractivity contribution in [2.75, 3.05) is 10.6 Å². The Morgan fingerprint density at radius 1 is 1.32 bits per heavy atom. The van der Waals surface area contributed by atoms with E-state index in [-0.39, 0.29) is 11.4 Å². The molecule has 0 saturated carbocycles. The quantitative estimate of drug-likeness (QED) is 0.505. The van der Waals surface area contributed by atoms with Crippen molar-refractivity contribution in [2.45, 2.75) is 52.1 Å². The first-order chi connectivity index (χ1) is 8.91. The first-order valence-electron chi connectivity index (χ1n) is 6.74. The molecule has 1 aliphatic rings. The van der Waals surface area contributed by atoms with Crippen molar-refractivity contribution in [3.8, 4) is 0 Å². The molecule has 1 fully saturated rings.